The maximum absolute atomic E-state index is 11.9. The number of allylic oxidation sites excluding steroid dienone is 2. The minimum atomic E-state index is -0.170. The summed E-state index contributed by atoms with van der Waals surface area (Å²) < 4.78 is 0. The molecule has 0 unspecified atom stereocenters. The molecule has 4 heteroatoms. The standard InChI is InChI=1S/C14H18N2OS/c1-3-11-9(2)18-8-12(11)14(17)16-7-6-13(15)10-4-5-10/h6-8,10H,3-5,15H2,1-2H3. The molecule has 18 heavy (non-hydrogen) atoms. The lowest BCUT2D eigenvalue weighted by atomic mass is 10.1. The van der Waals surface area contributed by atoms with Crippen LogP contribution in [0.3, 0.4) is 0 Å². The van der Waals surface area contributed by atoms with Crippen LogP contribution in [0, 0.1) is 12.8 Å². The molecule has 1 aliphatic rings. The third-order valence-electron chi connectivity index (χ3n) is 3.20. The predicted molar refractivity (Wildman–Crippen MR) is 76.3 cm³/mol. The quantitative estimate of drug-likeness (QED) is 0.848. The van der Waals surface area contributed by atoms with Gasteiger partial charge in [-0.15, -0.1) is 11.3 Å². The summed E-state index contributed by atoms with van der Waals surface area (Å²) >= 11 is 1.60. The number of hydrogen-bond acceptors (Lipinski definition) is 3. The lowest BCUT2D eigenvalue weighted by Gasteiger charge is -1.97. The van der Waals surface area contributed by atoms with Crippen molar-refractivity contribution in [2.75, 3.05) is 0 Å². The van der Waals surface area contributed by atoms with Crippen LogP contribution in [-0.2, 0) is 6.42 Å². The summed E-state index contributed by atoms with van der Waals surface area (Å²) in [6.45, 7) is 4.09. The van der Waals surface area contributed by atoms with Crippen molar-refractivity contribution in [3.8, 4) is 0 Å². The van der Waals surface area contributed by atoms with Crippen molar-refractivity contribution < 1.29 is 4.79 Å². The minimum absolute atomic E-state index is 0.170. The van der Waals surface area contributed by atoms with Crippen molar-refractivity contribution in [2.45, 2.75) is 33.1 Å². The SMILES string of the molecule is CCc1c(C(=O)N=CC=C(N)C2CC2)csc1C. The topological polar surface area (TPSA) is 55.5 Å². The number of carbonyl (C=O) groups excluding carboxylic acids is 1. The Balaban J connectivity index is 2.07. The fraction of sp³-hybridized carbons (Fsp3) is 0.429. The Morgan fingerprint density at radius 1 is 1.61 bits per heavy atom. The normalized spacial score (nSPS) is 16.4. The molecule has 3 nitrogen and oxygen atoms in total. The Labute approximate surface area is 111 Å². The summed E-state index contributed by atoms with van der Waals surface area (Å²) in [7, 11) is 0. The Kier molecular flexibility index (Phi) is 3.97. The molecule has 0 radical (unpaired) electrons. The van der Waals surface area contributed by atoms with Crippen LogP contribution >= 0.6 is 11.3 Å². The van der Waals surface area contributed by atoms with E-state index in [1.54, 1.807) is 17.4 Å². The Hall–Kier alpha value is -1.42. The molecule has 1 aliphatic carbocycles. The molecule has 0 saturated heterocycles. The van der Waals surface area contributed by atoms with E-state index in [1.807, 2.05) is 12.3 Å². The molecule has 96 valence electrons. The van der Waals surface area contributed by atoms with Gasteiger partial charge in [0.2, 0.25) is 0 Å². The van der Waals surface area contributed by atoms with Gasteiger partial charge < -0.3 is 5.73 Å². The number of nitrogens with two attached hydrogens (primary N) is 1. The highest BCUT2D eigenvalue weighted by molar-refractivity contribution is 7.10. The van der Waals surface area contributed by atoms with Crippen LogP contribution in [0.2, 0.25) is 0 Å². The average molecular weight is 262 g/mol. The monoisotopic (exact) mass is 262 g/mol. The first-order valence-electron chi connectivity index (χ1n) is 6.24. The molecule has 0 aliphatic heterocycles. The lowest BCUT2D eigenvalue weighted by Crippen LogP contribution is -2.01. The van der Waals surface area contributed by atoms with Crippen molar-refractivity contribution in [1.82, 2.24) is 0 Å². The number of aryl methyl sites for hydroxylation is 1. The molecule has 1 saturated carbocycles. The highest BCUT2D eigenvalue weighted by Gasteiger charge is 2.23. The molecule has 1 fully saturated rings. The van der Waals surface area contributed by atoms with Crippen LogP contribution in [-0.4, -0.2) is 12.1 Å². The molecule has 2 N–H and O–H groups in total. The number of hydrogen-bond donors (Lipinski definition) is 1. The van der Waals surface area contributed by atoms with Gasteiger partial charge in [0.1, 0.15) is 0 Å². The molecular weight excluding hydrogens is 244 g/mol. The highest BCUT2D eigenvalue weighted by atomic mass is 32.1. The van der Waals surface area contributed by atoms with Crippen LogP contribution in [0.1, 0.15) is 40.6 Å². The summed E-state index contributed by atoms with van der Waals surface area (Å²) in [5, 5.41) is 1.89. The van der Waals surface area contributed by atoms with Crippen LogP contribution in [0.4, 0.5) is 0 Å². The second-order valence-corrected chi connectivity index (χ2v) is 5.65. The van der Waals surface area contributed by atoms with Crippen LogP contribution < -0.4 is 5.73 Å². The van der Waals surface area contributed by atoms with Crippen LogP contribution in [0.25, 0.3) is 0 Å². The third-order valence-corrected chi connectivity index (χ3v) is 4.15. The summed E-state index contributed by atoms with van der Waals surface area (Å²) in [6.07, 6.45) is 6.47. The van der Waals surface area contributed by atoms with E-state index in [-0.39, 0.29) is 5.91 Å². The molecule has 1 aromatic heterocycles. The van der Waals surface area contributed by atoms with Gasteiger partial charge in [0.05, 0.1) is 5.56 Å². The number of rotatable bonds is 4. The summed E-state index contributed by atoms with van der Waals surface area (Å²) in [5.41, 5.74) is 8.50. The van der Waals surface area contributed by atoms with Crippen molar-refractivity contribution in [3.63, 3.8) is 0 Å². The van der Waals surface area contributed by atoms with E-state index in [4.69, 9.17) is 5.73 Å². The van der Waals surface area contributed by atoms with Crippen molar-refractivity contribution in [1.29, 1.82) is 0 Å². The molecule has 1 amide bonds. The molecule has 0 spiro atoms. The molecular formula is C14H18N2OS. The van der Waals surface area contributed by atoms with E-state index in [1.165, 1.54) is 11.1 Å². The van der Waals surface area contributed by atoms with Crippen molar-refractivity contribution >= 4 is 23.5 Å². The molecule has 0 bridgehead atoms. The van der Waals surface area contributed by atoms with Gasteiger partial charge in [-0.1, -0.05) is 6.92 Å². The van der Waals surface area contributed by atoms with Gasteiger partial charge in [-0.3, -0.25) is 4.79 Å². The predicted octanol–water partition coefficient (Wildman–Crippen LogP) is 3.08. The van der Waals surface area contributed by atoms with E-state index in [9.17, 15) is 4.79 Å². The Morgan fingerprint density at radius 2 is 2.33 bits per heavy atom. The third kappa shape index (κ3) is 2.88. The molecule has 2 rings (SSSR count). The molecule has 1 aromatic rings. The van der Waals surface area contributed by atoms with Crippen LogP contribution in [0.15, 0.2) is 22.1 Å². The largest absolute Gasteiger partial charge is 0.402 e. The number of aliphatic imine (C=N–C) groups is 1. The smallest absolute Gasteiger partial charge is 0.278 e. The molecule has 0 aromatic carbocycles. The first-order chi connectivity index (χ1) is 8.63. The first kappa shape index (κ1) is 13.0. The van der Waals surface area contributed by atoms with E-state index in [2.05, 4.69) is 11.9 Å². The average Bonchev–Trinajstić information content (AvgIpc) is 3.12. The number of thiophene rings is 1. The van der Waals surface area contributed by atoms with Gasteiger partial charge in [-0.25, -0.2) is 4.99 Å². The summed E-state index contributed by atoms with van der Waals surface area (Å²) in [5.74, 6) is 0.345. The van der Waals surface area contributed by atoms with Gasteiger partial charge in [0.15, 0.2) is 0 Å². The fourth-order valence-corrected chi connectivity index (χ4v) is 2.85. The number of amides is 1. The van der Waals surface area contributed by atoms with Crippen molar-refractivity contribution in [3.05, 3.63) is 33.2 Å². The van der Waals surface area contributed by atoms with Gasteiger partial charge >= 0.3 is 0 Å². The maximum atomic E-state index is 11.9. The zero-order valence-electron chi connectivity index (χ0n) is 10.8. The van der Waals surface area contributed by atoms with E-state index >= 15 is 0 Å². The zero-order chi connectivity index (χ0) is 13.1. The Bertz CT molecular complexity index is 510. The second kappa shape index (κ2) is 5.48. The van der Waals surface area contributed by atoms with Gasteiger partial charge in [0, 0.05) is 22.2 Å². The first-order valence-corrected chi connectivity index (χ1v) is 7.12. The summed E-state index contributed by atoms with van der Waals surface area (Å²) in [6, 6.07) is 0. The zero-order valence-corrected chi connectivity index (χ0v) is 11.6. The van der Waals surface area contributed by atoms with E-state index in [0.717, 1.165) is 36.1 Å². The maximum Gasteiger partial charge on any atom is 0.278 e. The van der Waals surface area contributed by atoms with Crippen molar-refractivity contribution in [2.24, 2.45) is 16.6 Å². The fourth-order valence-electron chi connectivity index (χ4n) is 1.91. The van der Waals surface area contributed by atoms with E-state index in [0.29, 0.717) is 5.92 Å². The van der Waals surface area contributed by atoms with Gasteiger partial charge in [0.25, 0.3) is 5.91 Å². The van der Waals surface area contributed by atoms with Crippen LogP contribution in [0.5, 0.6) is 0 Å². The highest BCUT2D eigenvalue weighted by Crippen LogP contribution is 2.33. The minimum Gasteiger partial charge on any atom is -0.402 e. The van der Waals surface area contributed by atoms with Gasteiger partial charge in [-0.05, 0) is 43.7 Å². The molecule has 0 atom stereocenters. The summed E-state index contributed by atoms with van der Waals surface area (Å²) in [4.78, 5) is 17.1. The second-order valence-electron chi connectivity index (χ2n) is 4.56. The van der Waals surface area contributed by atoms with E-state index < -0.39 is 0 Å². The lowest BCUT2D eigenvalue weighted by molar-refractivity contribution is 0.100. The van der Waals surface area contributed by atoms with Gasteiger partial charge in [-0.2, -0.15) is 0 Å². The molecule has 1 heterocycles. The number of nitrogens with zero attached hydrogens (tertiary/aromatic N) is 1. The number of carbonyl (C=O) groups is 1. The Morgan fingerprint density at radius 3 is 2.94 bits per heavy atom.